The van der Waals surface area contributed by atoms with Crippen molar-refractivity contribution in [2.45, 2.75) is 32.5 Å². The summed E-state index contributed by atoms with van der Waals surface area (Å²) in [7, 11) is 0. The Balaban J connectivity index is 1.64. The lowest BCUT2D eigenvalue weighted by molar-refractivity contribution is 0.310. The third-order valence-electron chi connectivity index (χ3n) is 6.36. The molecule has 172 valence electrons. The van der Waals surface area contributed by atoms with Gasteiger partial charge in [0, 0.05) is 29.2 Å². The van der Waals surface area contributed by atoms with Gasteiger partial charge in [0.15, 0.2) is 5.11 Å². The quantitative estimate of drug-likeness (QED) is 0.336. The first kappa shape index (κ1) is 22.4. The van der Waals surface area contributed by atoms with Crippen LogP contribution in [0, 0.1) is 13.8 Å². The fourth-order valence-electron chi connectivity index (χ4n) is 4.83. The van der Waals surface area contributed by atoms with Gasteiger partial charge < -0.3 is 19.9 Å². The number of aromatic hydroxyl groups is 1. The van der Waals surface area contributed by atoms with Crippen molar-refractivity contribution in [3.8, 4) is 11.4 Å². The van der Waals surface area contributed by atoms with Crippen LogP contribution in [0.25, 0.3) is 5.69 Å². The minimum atomic E-state index is -0.112. The Kier molecular flexibility index (Phi) is 6.02. The van der Waals surface area contributed by atoms with E-state index in [1.165, 1.54) is 5.56 Å². The lowest BCUT2D eigenvalue weighted by atomic mass is 9.96. The van der Waals surface area contributed by atoms with Gasteiger partial charge in [0.1, 0.15) is 5.75 Å². The van der Waals surface area contributed by atoms with E-state index in [1.54, 1.807) is 18.2 Å². The summed E-state index contributed by atoms with van der Waals surface area (Å²) in [5.41, 5.74) is 5.91. The van der Waals surface area contributed by atoms with Crippen molar-refractivity contribution in [3.05, 3.63) is 112 Å². The molecule has 2 atom stereocenters. The summed E-state index contributed by atoms with van der Waals surface area (Å²) in [6.45, 7) is 4.78. The Bertz CT molecular complexity index is 1340. The van der Waals surface area contributed by atoms with Crippen LogP contribution in [-0.4, -0.2) is 24.7 Å². The third-order valence-corrected chi connectivity index (χ3v) is 6.95. The molecule has 34 heavy (non-hydrogen) atoms. The molecule has 1 saturated heterocycles. The SMILES string of the molecule is Cc1cc(C2C(c3ccccn3)NC(=S)N2Cc2ccccc2)c(C)n1-c1cc(Cl)ccc1O. The Morgan fingerprint density at radius 3 is 2.53 bits per heavy atom. The Labute approximate surface area is 209 Å². The summed E-state index contributed by atoms with van der Waals surface area (Å²) in [5, 5.41) is 15.4. The van der Waals surface area contributed by atoms with Crippen LogP contribution in [0.4, 0.5) is 0 Å². The number of phenols is 1. The summed E-state index contributed by atoms with van der Waals surface area (Å²) in [6, 6.07) is 23.4. The maximum Gasteiger partial charge on any atom is 0.170 e. The van der Waals surface area contributed by atoms with Crippen molar-refractivity contribution in [1.82, 2.24) is 19.8 Å². The molecule has 2 aromatic heterocycles. The highest BCUT2D eigenvalue weighted by atomic mass is 35.5. The number of hydrogen-bond acceptors (Lipinski definition) is 3. The highest BCUT2D eigenvalue weighted by Gasteiger charge is 2.41. The summed E-state index contributed by atoms with van der Waals surface area (Å²) in [5.74, 6) is 0.181. The Morgan fingerprint density at radius 1 is 1.03 bits per heavy atom. The van der Waals surface area contributed by atoms with Crippen LogP contribution in [0.2, 0.25) is 5.02 Å². The number of nitrogens with one attached hydrogen (secondary N) is 1. The molecule has 2 aromatic carbocycles. The smallest absolute Gasteiger partial charge is 0.170 e. The second-order valence-electron chi connectivity index (χ2n) is 8.54. The van der Waals surface area contributed by atoms with Crippen molar-refractivity contribution in [1.29, 1.82) is 0 Å². The fraction of sp³-hybridized carbons (Fsp3) is 0.185. The summed E-state index contributed by atoms with van der Waals surface area (Å²) < 4.78 is 2.05. The van der Waals surface area contributed by atoms with Gasteiger partial charge in [-0.05, 0) is 73.6 Å². The normalized spacial score (nSPS) is 17.7. The predicted octanol–water partition coefficient (Wildman–Crippen LogP) is 6.02. The number of halogens is 1. The number of pyridine rings is 1. The Morgan fingerprint density at radius 2 is 1.79 bits per heavy atom. The highest BCUT2D eigenvalue weighted by Crippen LogP contribution is 2.42. The van der Waals surface area contributed by atoms with E-state index in [0.29, 0.717) is 22.4 Å². The number of aryl methyl sites for hydroxylation is 1. The molecule has 0 saturated carbocycles. The van der Waals surface area contributed by atoms with E-state index in [2.05, 4.69) is 40.3 Å². The van der Waals surface area contributed by atoms with Crippen molar-refractivity contribution in [3.63, 3.8) is 0 Å². The van der Waals surface area contributed by atoms with Crippen LogP contribution in [0.15, 0.2) is 79.0 Å². The maximum absolute atomic E-state index is 10.6. The van der Waals surface area contributed by atoms with Gasteiger partial charge in [0.2, 0.25) is 0 Å². The second kappa shape index (κ2) is 9.12. The number of hydrogen-bond donors (Lipinski definition) is 2. The standard InChI is InChI=1S/C27H25ClN4OS/c1-17-14-21(18(2)32(17)23-15-20(28)11-12-24(23)33)26-25(22-10-6-7-13-29-22)30-27(34)31(26)16-19-8-4-3-5-9-19/h3-15,25-26,33H,16H2,1-2H3,(H,30,34). The lowest BCUT2D eigenvalue weighted by Gasteiger charge is -2.28. The molecule has 0 bridgehead atoms. The highest BCUT2D eigenvalue weighted by molar-refractivity contribution is 7.80. The third kappa shape index (κ3) is 4.04. The van der Waals surface area contributed by atoms with Gasteiger partial charge in [-0.1, -0.05) is 48.0 Å². The molecule has 3 heterocycles. The molecule has 0 amide bonds. The summed E-state index contributed by atoms with van der Waals surface area (Å²) in [4.78, 5) is 6.87. The van der Waals surface area contributed by atoms with E-state index in [-0.39, 0.29) is 17.8 Å². The Hall–Kier alpha value is -3.35. The number of thiocarbonyl (C=S) groups is 1. The van der Waals surface area contributed by atoms with Crippen LogP contribution in [0.1, 0.15) is 40.3 Å². The van der Waals surface area contributed by atoms with E-state index < -0.39 is 0 Å². The summed E-state index contributed by atoms with van der Waals surface area (Å²) in [6.07, 6.45) is 1.81. The van der Waals surface area contributed by atoms with E-state index in [9.17, 15) is 5.11 Å². The molecule has 2 N–H and O–H groups in total. The zero-order valence-electron chi connectivity index (χ0n) is 18.9. The first-order valence-corrected chi connectivity index (χ1v) is 11.9. The zero-order chi connectivity index (χ0) is 23.8. The molecule has 2 unspecified atom stereocenters. The van der Waals surface area contributed by atoms with E-state index >= 15 is 0 Å². The molecule has 1 aliphatic rings. The van der Waals surface area contributed by atoms with Gasteiger partial charge in [-0.2, -0.15) is 0 Å². The van der Waals surface area contributed by atoms with Gasteiger partial charge in [0.05, 0.1) is 23.5 Å². The molecule has 5 rings (SSSR count). The number of phenolic OH excluding ortho intramolecular Hbond substituents is 1. The molecule has 0 spiro atoms. The van der Waals surface area contributed by atoms with Crippen LogP contribution in [0.3, 0.4) is 0 Å². The van der Waals surface area contributed by atoms with Gasteiger partial charge in [0.25, 0.3) is 0 Å². The molecule has 1 aliphatic heterocycles. The zero-order valence-corrected chi connectivity index (χ0v) is 20.5. The molecule has 7 heteroatoms. The largest absolute Gasteiger partial charge is 0.506 e. The van der Waals surface area contributed by atoms with Crippen LogP contribution in [0.5, 0.6) is 5.75 Å². The van der Waals surface area contributed by atoms with Crippen LogP contribution >= 0.6 is 23.8 Å². The lowest BCUT2D eigenvalue weighted by Crippen LogP contribution is -2.29. The van der Waals surface area contributed by atoms with Gasteiger partial charge in [-0.25, -0.2) is 0 Å². The molecular weight excluding hydrogens is 464 g/mol. The first-order chi connectivity index (χ1) is 16.4. The van der Waals surface area contributed by atoms with Crippen molar-refractivity contribution < 1.29 is 5.11 Å². The molecule has 4 aromatic rings. The topological polar surface area (TPSA) is 53.3 Å². The molecule has 1 fully saturated rings. The van der Waals surface area contributed by atoms with E-state index in [4.69, 9.17) is 23.8 Å². The van der Waals surface area contributed by atoms with Crippen molar-refractivity contribution in [2.24, 2.45) is 0 Å². The molecule has 0 aliphatic carbocycles. The minimum Gasteiger partial charge on any atom is -0.506 e. The van der Waals surface area contributed by atoms with Gasteiger partial charge in [-0.3, -0.25) is 4.98 Å². The van der Waals surface area contributed by atoms with Gasteiger partial charge >= 0.3 is 0 Å². The van der Waals surface area contributed by atoms with Crippen LogP contribution in [-0.2, 0) is 6.54 Å². The molecular formula is C27H25ClN4OS. The monoisotopic (exact) mass is 488 g/mol. The number of benzene rings is 2. The molecule has 5 nitrogen and oxygen atoms in total. The molecule has 0 radical (unpaired) electrons. The van der Waals surface area contributed by atoms with Crippen molar-refractivity contribution >= 4 is 28.9 Å². The average molecular weight is 489 g/mol. The van der Waals surface area contributed by atoms with E-state index in [0.717, 1.165) is 22.6 Å². The minimum absolute atomic E-state index is 0.0797. The van der Waals surface area contributed by atoms with Gasteiger partial charge in [-0.15, -0.1) is 0 Å². The van der Waals surface area contributed by atoms with E-state index in [1.807, 2.05) is 54.1 Å². The van der Waals surface area contributed by atoms with Crippen molar-refractivity contribution in [2.75, 3.05) is 0 Å². The fourth-order valence-corrected chi connectivity index (χ4v) is 5.30. The second-order valence-corrected chi connectivity index (χ2v) is 9.36. The number of aromatic nitrogens is 2. The number of nitrogens with zero attached hydrogens (tertiary/aromatic N) is 3. The first-order valence-electron chi connectivity index (χ1n) is 11.1. The predicted molar refractivity (Wildman–Crippen MR) is 139 cm³/mol. The van der Waals surface area contributed by atoms with Crippen LogP contribution < -0.4 is 5.32 Å². The maximum atomic E-state index is 10.6. The summed E-state index contributed by atoms with van der Waals surface area (Å²) >= 11 is 12.1. The number of rotatable bonds is 5. The average Bonchev–Trinajstić information content (AvgIpc) is 3.31.